The smallest absolute Gasteiger partial charge is 0.327 e. The van der Waals surface area contributed by atoms with Crippen molar-refractivity contribution in [3.05, 3.63) is 18.2 Å². The highest BCUT2D eigenvalue weighted by Gasteiger charge is 2.41. The summed E-state index contributed by atoms with van der Waals surface area (Å²) in [7, 11) is 0. The van der Waals surface area contributed by atoms with Gasteiger partial charge in [-0.25, -0.2) is 9.78 Å². The first kappa shape index (κ1) is 38.5. The Balaban J connectivity index is 2.24. The number of likely N-dealkylation sites (tertiary alicyclic amines) is 1. The predicted octanol–water partition coefficient (Wildman–Crippen LogP) is -1.69. The minimum Gasteiger partial charge on any atom is -0.480 e. The summed E-state index contributed by atoms with van der Waals surface area (Å²) < 4.78 is 0. The maximum absolute atomic E-state index is 13.6. The third kappa shape index (κ3) is 11.0. The molecule has 7 atom stereocenters. The number of aromatic amines is 1. The van der Waals surface area contributed by atoms with Crippen molar-refractivity contribution in [1.29, 1.82) is 0 Å². The number of hydrogen-bond donors (Lipinski definition) is 9. The molecule has 16 nitrogen and oxygen atoms in total. The lowest BCUT2D eigenvalue weighted by Crippen LogP contribution is -2.61. The molecule has 7 unspecified atom stereocenters. The van der Waals surface area contributed by atoms with Crippen LogP contribution in [0.2, 0.25) is 0 Å². The van der Waals surface area contributed by atoms with E-state index < -0.39 is 77.9 Å². The zero-order valence-electron chi connectivity index (χ0n) is 26.9. The van der Waals surface area contributed by atoms with Gasteiger partial charge < -0.3 is 47.1 Å². The van der Waals surface area contributed by atoms with E-state index >= 15 is 0 Å². The van der Waals surface area contributed by atoms with Crippen molar-refractivity contribution in [1.82, 2.24) is 36.1 Å². The second-order valence-corrected chi connectivity index (χ2v) is 12.7. The zero-order valence-corrected chi connectivity index (χ0v) is 27.8. The second kappa shape index (κ2) is 17.9. The Labute approximate surface area is 273 Å². The van der Waals surface area contributed by atoms with Crippen LogP contribution in [0.15, 0.2) is 12.5 Å². The number of thiol groups is 1. The van der Waals surface area contributed by atoms with Crippen LogP contribution in [0.1, 0.15) is 59.6 Å². The number of nitrogens with one attached hydrogen (secondary N) is 5. The molecule has 17 heteroatoms. The lowest BCUT2D eigenvalue weighted by molar-refractivity contribution is -0.146. The van der Waals surface area contributed by atoms with Crippen LogP contribution < -0.4 is 27.0 Å². The monoisotopic (exact) mass is 668 g/mol. The van der Waals surface area contributed by atoms with Gasteiger partial charge in [0.05, 0.1) is 18.5 Å². The molecule has 0 aromatic carbocycles. The highest BCUT2D eigenvalue weighted by atomic mass is 32.1. The van der Waals surface area contributed by atoms with E-state index in [-0.39, 0.29) is 43.4 Å². The molecule has 1 saturated heterocycles. The van der Waals surface area contributed by atoms with Gasteiger partial charge in [0.1, 0.15) is 30.2 Å². The molecule has 1 aliphatic heterocycles. The second-order valence-electron chi connectivity index (χ2n) is 12.3. The molecule has 1 fully saturated rings. The van der Waals surface area contributed by atoms with E-state index in [2.05, 4.69) is 43.9 Å². The van der Waals surface area contributed by atoms with Gasteiger partial charge in [-0.3, -0.25) is 24.0 Å². The van der Waals surface area contributed by atoms with Gasteiger partial charge in [-0.15, -0.1) is 0 Å². The standard InChI is InChI=1S/C29H48N8O8S/c1-14(2)9-18(33-24(39)19(10-17-11-31-13-32-17)34-27(42)22(30)15(3)4)25(40)36-23(16(5)38)28(43)37-8-6-7-21(37)26(41)35-20(12-46)29(44)45/h11,13-16,18-23,38,46H,6-10,12,30H2,1-5H3,(H,31,32)(H,33,39)(H,34,42)(H,35,41)(H,36,40)(H,44,45). The number of aromatic nitrogens is 2. The number of aliphatic hydroxyl groups is 1. The van der Waals surface area contributed by atoms with Gasteiger partial charge in [0.2, 0.25) is 29.5 Å². The number of carboxylic acids is 1. The number of amides is 5. The van der Waals surface area contributed by atoms with Crippen molar-refractivity contribution >= 4 is 48.1 Å². The van der Waals surface area contributed by atoms with Gasteiger partial charge in [-0.2, -0.15) is 12.6 Å². The minimum atomic E-state index is -1.47. The van der Waals surface area contributed by atoms with Crippen LogP contribution >= 0.6 is 12.6 Å². The van der Waals surface area contributed by atoms with E-state index in [1.165, 1.54) is 24.3 Å². The number of hydrogen-bond acceptors (Lipinski definition) is 10. The predicted molar refractivity (Wildman–Crippen MR) is 170 cm³/mol. The molecule has 46 heavy (non-hydrogen) atoms. The van der Waals surface area contributed by atoms with Crippen molar-refractivity contribution < 1.29 is 39.0 Å². The molecule has 1 aliphatic rings. The zero-order chi connectivity index (χ0) is 34.7. The molecule has 258 valence electrons. The third-order valence-corrected chi connectivity index (χ3v) is 8.02. The highest BCUT2D eigenvalue weighted by molar-refractivity contribution is 7.80. The van der Waals surface area contributed by atoms with Crippen LogP contribution in [0, 0.1) is 11.8 Å². The van der Waals surface area contributed by atoms with E-state index in [4.69, 9.17) is 5.73 Å². The molecular formula is C29H48N8O8S. The summed E-state index contributed by atoms with van der Waals surface area (Å²) >= 11 is 3.95. The summed E-state index contributed by atoms with van der Waals surface area (Å²) in [5.41, 5.74) is 6.54. The number of carbonyl (C=O) groups excluding carboxylic acids is 5. The molecule has 1 aromatic rings. The SMILES string of the molecule is CC(C)CC(NC(=O)C(Cc1cnc[nH]1)NC(=O)C(N)C(C)C)C(=O)NC(C(=O)N1CCCC1C(=O)NC(CS)C(=O)O)C(C)O. The molecule has 0 radical (unpaired) electrons. The van der Waals surface area contributed by atoms with Gasteiger partial charge >= 0.3 is 5.97 Å². The highest BCUT2D eigenvalue weighted by Crippen LogP contribution is 2.20. The number of rotatable bonds is 17. The van der Waals surface area contributed by atoms with Gasteiger partial charge in [0.15, 0.2) is 0 Å². The van der Waals surface area contributed by atoms with Crippen LogP contribution in [0.25, 0.3) is 0 Å². The fourth-order valence-electron chi connectivity index (χ4n) is 4.95. The van der Waals surface area contributed by atoms with Crippen molar-refractivity contribution in [2.24, 2.45) is 17.6 Å². The van der Waals surface area contributed by atoms with Gasteiger partial charge in [0.25, 0.3) is 0 Å². The summed E-state index contributed by atoms with van der Waals surface area (Å²) in [6.07, 6.45) is 2.42. The molecule has 0 bridgehead atoms. The van der Waals surface area contributed by atoms with E-state index in [9.17, 15) is 39.0 Å². The molecule has 1 aromatic heterocycles. The molecule has 0 saturated carbocycles. The van der Waals surface area contributed by atoms with Crippen LogP contribution in [-0.2, 0) is 35.2 Å². The van der Waals surface area contributed by atoms with E-state index in [0.29, 0.717) is 12.1 Å². The van der Waals surface area contributed by atoms with Crippen LogP contribution in [-0.4, -0.2) is 115 Å². The Morgan fingerprint density at radius 2 is 1.63 bits per heavy atom. The largest absolute Gasteiger partial charge is 0.480 e. The van der Waals surface area contributed by atoms with E-state index in [0.717, 1.165) is 0 Å². The molecular weight excluding hydrogens is 620 g/mol. The molecule has 2 rings (SSSR count). The number of carboxylic acid groups (broad SMARTS) is 1. The summed E-state index contributed by atoms with van der Waals surface area (Å²) in [5, 5.41) is 30.1. The van der Waals surface area contributed by atoms with E-state index in [1.807, 2.05) is 13.8 Å². The quantitative estimate of drug-likeness (QED) is 0.0852. The Bertz CT molecular complexity index is 1210. The first-order valence-electron chi connectivity index (χ1n) is 15.3. The first-order chi connectivity index (χ1) is 21.6. The van der Waals surface area contributed by atoms with E-state index in [1.54, 1.807) is 13.8 Å². The van der Waals surface area contributed by atoms with Crippen LogP contribution in [0.3, 0.4) is 0 Å². The third-order valence-electron chi connectivity index (χ3n) is 7.65. The number of H-pyrrole nitrogens is 1. The number of nitrogens with two attached hydrogens (primary N) is 1. The molecule has 9 N–H and O–H groups in total. The molecule has 5 amide bonds. The Kier molecular flexibility index (Phi) is 14.9. The van der Waals surface area contributed by atoms with Crippen molar-refractivity contribution in [2.75, 3.05) is 12.3 Å². The number of aliphatic carboxylic acids is 1. The summed E-state index contributed by atoms with van der Waals surface area (Å²) in [6, 6.07) is -6.91. The van der Waals surface area contributed by atoms with Gasteiger partial charge in [-0.1, -0.05) is 27.7 Å². The van der Waals surface area contributed by atoms with Gasteiger partial charge in [0, 0.05) is 30.6 Å². The van der Waals surface area contributed by atoms with Crippen molar-refractivity contribution in [2.45, 2.75) is 103 Å². The lowest BCUT2D eigenvalue weighted by atomic mass is 10.0. The lowest BCUT2D eigenvalue weighted by Gasteiger charge is -2.32. The van der Waals surface area contributed by atoms with Crippen molar-refractivity contribution in [3.8, 4) is 0 Å². The summed E-state index contributed by atoms with van der Waals surface area (Å²) in [5.74, 6) is -5.13. The number of nitrogens with zero attached hydrogens (tertiary/aromatic N) is 2. The normalized spacial score (nSPS) is 18.7. The average molecular weight is 669 g/mol. The van der Waals surface area contributed by atoms with Crippen molar-refractivity contribution in [3.63, 3.8) is 0 Å². The number of aliphatic hydroxyl groups excluding tert-OH is 1. The topological polar surface area (TPSA) is 249 Å². The molecule has 0 spiro atoms. The molecule has 0 aliphatic carbocycles. The summed E-state index contributed by atoms with van der Waals surface area (Å²) in [6.45, 7) is 8.65. The fourth-order valence-corrected chi connectivity index (χ4v) is 5.20. The number of imidazole rings is 1. The minimum absolute atomic E-state index is 0.0293. The average Bonchev–Trinajstić information content (AvgIpc) is 3.69. The Morgan fingerprint density at radius 3 is 2.15 bits per heavy atom. The summed E-state index contributed by atoms with van der Waals surface area (Å²) in [4.78, 5) is 85.8. The van der Waals surface area contributed by atoms with Gasteiger partial charge in [-0.05, 0) is 38.0 Å². The number of carbonyl (C=O) groups is 6. The Morgan fingerprint density at radius 1 is 1.00 bits per heavy atom. The maximum Gasteiger partial charge on any atom is 0.327 e. The fraction of sp³-hybridized carbons (Fsp3) is 0.690. The Hall–Kier alpha value is -3.70. The molecule has 2 heterocycles. The first-order valence-corrected chi connectivity index (χ1v) is 16.0. The van der Waals surface area contributed by atoms with Crippen LogP contribution in [0.4, 0.5) is 0 Å². The van der Waals surface area contributed by atoms with Crippen LogP contribution in [0.5, 0.6) is 0 Å². The maximum atomic E-state index is 13.6.